The Labute approximate surface area is 93.2 Å². The molecule has 0 spiro atoms. The Morgan fingerprint density at radius 1 is 1.53 bits per heavy atom. The minimum atomic E-state index is -0.701. The van der Waals surface area contributed by atoms with Crippen molar-refractivity contribution in [3.05, 3.63) is 21.9 Å². The van der Waals surface area contributed by atoms with Crippen molar-refractivity contribution in [3.63, 3.8) is 0 Å². The monoisotopic (exact) mass is 225 g/mol. The van der Waals surface area contributed by atoms with Crippen LogP contribution in [0.15, 0.2) is 11.4 Å². The lowest BCUT2D eigenvalue weighted by atomic mass is 9.85. The summed E-state index contributed by atoms with van der Waals surface area (Å²) in [6.07, 6.45) is 1.26. The van der Waals surface area contributed by atoms with E-state index in [1.165, 1.54) is 11.3 Å². The molecule has 0 amide bonds. The van der Waals surface area contributed by atoms with Gasteiger partial charge in [0, 0.05) is 13.2 Å². The molecule has 1 fully saturated rings. The van der Waals surface area contributed by atoms with E-state index in [0.29, 0.717) is 26.1 Å². The molecular weight excluding hydrogens is 210 g/mol. The Balaban J connectivity index is 2.23. The molecule has 15 heavy (non-hydrogen) atoms. The van der Waals surface area contributed by atoms with Crippen LogP contribution in [0.5, 0.6) is 0 Å². The zero-order chi connectivity index (χ0) is 10.9. The Morgan fingerprint density at radius 3 is 2.73 bits per heavy atom. The van der Waals surface area contributed by atoms with Crippen molar-refractivity contribution in [1.82, 2.24) is 0 Å². The number of Topliss-reactive ketones (excluding diaryl/α,β-unsaturated/α-hetero) is 1. The van der Waals surface area contributed by atoms with E-state index in [9.17, 15) is 4.79 Å². The van der Waals surface area contributed by atoms with E-state index in [0.717, 1.165) is 10.4 Å². The SMILES string of the molecule is Cc1ccsc1C(=O)C1(N)CCOCC1. The Bertz CT molecular complexity index is 366. The average molecular weight is 225 g/mol. The fourth-order valence-corrected chi connectivity index (χ4v) is 2.77. The molecule has 0 saturated carbocycles. The highest BCUT2D eigenvalue weighted by Gasteiger charge is 2.37. The van der Waals surface area contributed by atoms with Gasteiger partial charge in [-0.05, 0) is 36.8 Å². The first-order valence-corrected chi connectivity index (χ1v) is 5.97. The number of hydrogen-bond acceptors (Lipinski definition) is 4. The maximum absolute atomic E-state index is 12.2. The van der Waals surface area contributed by atoms with Crippen LogP contribution in [-0.2, 0) is 4.74 Å². The second-order valence-electron chi connectivity index (χ2n) is 4.03. The number of aryl methyl sites for hydroxylation is 1. The summed E-state index contributed by atoms with van der Waals surface area (Å²) in [5, 5.41) is 1.94. The van der Waals surface area contributed by atoms with E-state index in [4.69, 9.17) is 10.5 Å². The zero-order valence-electron chi connectivity index (χ0n) is 8.79. The van der Waals surface area contributed by atoms with E-state index in [1.54, 1.807) is 0 Å². The van der Waals surface area contributed by atoms with E-state index >= 15 is 0 Å². The van der Waals surface area contributed by atoms with Gasteiger partial charge in [0.1, 0.15) is 0 Å². The molecule has 2 rings (SSSR count). The normalized spacial score (nSPS) is 20.1. The fraction of sp³-hybridized carbons (Fsp3) is 0.545. The van der Waals surface area contributed by atoms with Crippen LogP contribution in [0.25, 0.3) is 0 Å². The van der Waals surface area contributed by atoms with Gasteiger partial charge in [0.25, 0.3) is 0 Å². The molecule has 0 atom stereocenters. The van der Waals surface area contributed by atoms with Crippen LogP contribution in [0.4, 0.5) is 0 Å². The summed E-state index contributed by atoms with van der Waals surface area (Å²) in [7, 11) is 0. The Morgan fingerprint density at radius 2 is 2.20 bits per heavy atom. The molecule has 0 aliphatic carbocycles. The highest BCUT2D eigenvalue weighted by molar-refractivity contribution is 7.12. The minimum Gasteiger partial charge on any atom is -0.381 e. The van der Waals surface area contributed by atoms with Gasteiger partial charge in [0.2, 0.25) is 0 Å². The lowest BCUT2D eigenvalue weighted by Crippen LogP contribution is -2.51. The molecule has 1 aromatic heterocycles. The van der Waals surface area contributed by atoms with Gasteiger partial charge in [0.05, 0.1) is 10.4 Å². The third kappa shape index (κ3) is 1.97. The maximum atomic E-state index is 12.2. The van der Waals surface area contributed by atoms with Crippen LogP contribution in [0.2, 0.25) is 0 Å². The largest absolute Gasteiger partial charge is 0.381 e. The second kappa shape index (κ2) is 4.04. The first-order valence-electron chi connectivity index (χ1n) is 5.09. The summed E-state index contributed by atoms with van der Waals surface area (Å²) in [6, 6.07) is 1.96. The van der Waals surface area contributed by atoms with Crippen molar-refractivity contribution in [1.29, 1.82) is 0 Å². The molecule has 0 unspecified atom stereocenters. The molecule has 0 bridgehead atoms. The highest BCUT2D eigenvalue weighted by atomic mass is 32.1. The van der Waals surface area contributed by atoms with Crippen LogP contribution in [0.1, 0.15) is 28.1 Å². The third-order valence-electron chi connectivity index (χ3n) is 2.91. The first-order chi connectivity index (χ1) is 7.13. The molecular formula is C11H15NO2S. The smallest absolute Gasteiger partial charge is 0.192 e. The van der Waals surface area contributed by atoms with Gasteiger partial charge in [-0.2, -0.15) is 0 Å². The Kier molecular flexibility index (Phi) is 2.91. The number of ketones is 1. The summed E-state index contributed by atoms with van der Waals surface area (Å²) in [5.74, 6) is 0.0818. The van der Waals surface area contributed by atoms with Crippen molar-refractivity contribution in [2.75, 3.05) is 13.2 Å². The highest BCUT2D eigenvalue weighted by Crippen LogP contribution is 2.27. The minimum absolute atomic E-state index is 0.0818. The quantitative estimate of drug-likeness (QED) is 0.780. The van der Waals surface area contributed by atoms with Gasteiger partial charge in [-0.1, -0.05) is 0 Å². The molecule has 3 nitrogen and oxygen atoms in total. The van der Waals surface area contributed by atoms with Crippen LogP contribution in [-0.4, -0.2) is 24.5 Å². The lowest BCUT2D eigenvalue weighted by Gasteiger charge is -2.31. The van der Waals surface area contributed by atoms with Gasteiger partial charge >= 0.3 is 0 Å². The van der Waals surface area contributed by atoms with Crippen LogP contribution in [0.3, 0.4) is 0 Å². The van der Waals surface area contributed by atoms with Gasteiger partial charge in [-0.3, -0.25) is 4.79 Å². The van der Waals surface area contributed by atoms with Gasteiger partial charge < -0.3 is 10.5 Å². The molecule has 2 N–H and O–H groups in total. The molecule has 0 radical (unpaired) electrons. The molecule has 1 aromatic rings. The van der Waals surface area contributed by atoms with Crippen molar-refractivity contribution in [3.8, 4) is 0 Å². The number of thiophene rings is 1. The topological polar surface area (TPSA) is 52.3 Å². The predicted octanol–water partition coefficient (Wildman–Crippen LogP) is 1.75. The molecule has 4 heteroatoms. The number of carbonyl (C=O) groups is 1. The zero-order valence-corrected chi connectivity index (χ0v) is 9.60. The van der Waals surface area contributed by atoms with Gasteiger partial charge in [-0.15, -0.1) is 11.3 Å². The van der Waals surface area contributed by atoms with Crippen LogP contribution < -0.4 is 5.73 Å². The molecule has 2 heterocycles. The molecule has 0 aromatic carbocycles. The van der Waals surface area contributed by atoms with Gasteiger partial charge in [-0.25, -0.2) is 0 Å². The van der Waals surface area contributed by atoms with Crippen molar-refractivity contribution in [2.45, 2.75) is 25.3 Å². The van der Waals surface area contributed by atoms with E-state index in [1.807, 2.05) is 18.4 Å². The first kappa shape index (κ1) is 10.8. The predicted molar refractivity (Wildman–Crippen MR) is 60.4 cm³/mol. The van der Waals surface area contributed by atoms with E-state index < -0.39 is 5.54 Å². The van der Waals surface area contributed by atoms with Crippen molar-refractivity contribution in [2.24, 2.45) is 5.73 Å². The summed E-state index contributed by atoms with van der Waals surface area (Å²) in [6.45, 7) is 3.13. The van der Waals surface area contributed by atoms with Gasteiger partial charge in [0.15, 0.2) is 5.78 Å². The second-order valence-corrected chi connectivity index (χ2v) is 4.95. The van der Waals surface area contributed by atoms with Crippen LogP contribution >= 0.6 is 11.3 Å². The molecule has 1 aliphatic rings. The molecule has 1 saturated heterocycles. The molecule has 82 valence electrons. The summed E-state index contributed by atoms with van der Waals surface area (Å²) < 4.78 is 5.23. The molecule has 1 aliphatic heterocycles. The number of ether oxygens (including phenoxy) is 1. The summed E-state index contributed by atoms with van der Waals surface area (Å²) in [5.41, 5.74) is 6.47. The van der Waals surface area contributed by atoms with E-state index in [-0.39, 0.29) is 5.78 Å². The standard InChI is InChI=1S/C11H15NO2S/c1-8-2-7-15-9(8)10(13)11(12)3-5-14-6-4-11/h2,7H,3-6,12H2,1H3. The maximum Gasteiger partial charge on any atom is 0.192 e. The average Bonchev–Trinajstić information content (AvgIpc) is 2.64. The lowest BCUT2D eigenvalue weighted by molar-refractivity contribution is 0.0450. The number of carbonyl (C=O) groups excluding carboxylic acids is 1. The van der Waals surface area contributed by atoms with Crippen molar-refractivity contribution >= 4 is 17.1 Å². The van der Waals surface area contributed by atoms with Crippen LogP contribution in [0, 0.1) is 6.92 Å². The third-order valence-corrected chi connectivity index (χ3v) is 3.92. The van der Waals surface area contributed by atoms with E-state index in [2.05, 4.69) is 0 Å². The Hall–Kier alpha value is -0.710. The van der Waals surface area contributed by atoms with Crippen molar-refractivity contribution < 1.29 is 9.53 Å². The summed E-state index contributed by atoms with van der Waals surface area (Å²) in [4.78, 5) is 13.0. The summed E-state index contributed by atoms with van der Waals surface area (Å²) >= 11 is 1.48. The fourth-order valence-electron chi connectivity index (χ4n) is 1.79. The number of rotatable bonds is 2. The number of nitrogens with two attached hydrogens (primary N) is 1. The number of hydrogen-bond donors (Lipinski definition) is 1.